The minimum Gasteiger partial charge on any atom is -0.379 e. The van der Waals surface area contributed by atoms with E-state index in [9.17, 15) is 13.2 Å². The van der Waals surface area contributed by atoms with Crippen LogP contribution in [0.15, 0.2) is 72.1 Å². The molecule has 2 aromatic carbocycles. The zero-order chi connectivity index (χ0) is 21.0. The smallest absolute Gasteiger partial charge is 0.251 e. The fourth-order valence-electron chi connectivity index (χ4n) is 3.20. The molecule has 9 heteroatoms. The summed E-state index contributed by atoms with van der Waals surface area (Å²) >= 11 is 0. The van der Waals surface area contributed by atoms with E-state index in [1.807, 2.05) is 35.0 Å². The van der Waals surface area contributed by atoms with E-state index in [0.29, 0.717) is 38.4 Å². The molecule has 1 fully saturated rings. The maximum absolute atomic E-state index is 12.7. The number of carbonyl (C=O) groups excluding carboxylic acids is 1. The van der Waals surface area contributed by atoms with Gasteiger partial charge in [-0.1, -0.05) is 12.1 Å². The van der Waals surface area contributed by atoms with Crippen molar-refractivity contribution in [2.45, 2.75) is 11.4 Å². The lowest BCUT2D eigenvalue weighted by Crippen LogP contribution is -2.40. The SMILES string of the molecule is O=C(NCc1ccc(-n2ccnc2)cc1)c1ccc(S(=O)(=O)N2CCOCC2)cc1. The molecule has 156 valence electrons. The van der Waals surface area contributed by atoms with Gasteiger partial charge in [-0.3, -0.25) is 4.79 Å². The highest BCUT2D eigenvalue weighted by atomic mass is 32.2. The fraction of sp³-hybridized carbons (Fsp3) is 0.238. The summed E-state index contributed by atoms with van der Waals surface area (Å²) in [6, 6.07) is 13.8. The first kappa shape index (κ1) is 20.3. The van der Waals surface area contributed by atoms with E-state index in [-0.39, 0.29) is 10.8 Å². The monoisotopic (exact) mass is 426 g/mol. The van der Waals surface area contributed by atoms with Gasteiger partial charge in [-0.25, -0.2) is 13.4 Å². The number of hydrogen-bond donors (Lipinski definition) is 1. The third-order valence-electron chi connectivity index (χ3n) is 4.92. The average molecular weight is 426 g/mol. The summed E-state index contributed by atoms with van der Waals surface area (Å²) in [7, 11) is -3.57. The number of nitrogens with one attached hydrogen (secondary N) is 1. The number of rotatable bonds is 6. The van der Waals surface area contributed by atoms with E-state index in [2.05, 4.69) is 10.3 Å². The van der Waals surface area contributed by atoms with Crippen LogP contribution in [0.4, 0.5) is 0 Å². The molecule has 0 radical (unpaired) electrons. The summed E-state index contributed by atoms with van der Waals surface area (Å²) in [4.78, 5) is 16.6. The van der Waals surface area contributed by atoms with Crippen LogP contribution >= 0.6 is 0 Å². The number of sulfonamides is 1. The molecule has 8 nitrogen and oxygen atoms in total. The maximum Gasteiger partial charge on any atom is 0.251 e. The highest BCUT2D eigenvalue weighted by molar-refractivity contribution is 7.89. The van der Waals surface area contributed by atoms with Crippen LogP contribution in [0.2, 0.25) is 0 Å². The average Bonchev–Trinajstić information content (AvgIpc) is 3.33. The summed E-state index contributed by atoms with van der Waals surface area (Å²) in [5.74, 6) is -0.260. The Labute approximate surface area is 175 Å². The van der Waals surface area contributed by atoms with Gasteiger partial charge in [0, 0.05) is 43.3 Å². The number of aromatic nitrogens is 2. The van der Waals surface area contributed by atoms with Crippen molar-refractivity contribution in [1.82, 2.24) is 19.2 Å². The van der Waals surface area contributed by atoms with Crippen molar-refractivity contribution in [2.24, 2.45) is 0 Å². The molecule has 1 aromatic heterocycles. The summed E-state index contributed by atoms with van der Waals surface area (Å²) < 4.78 is 33.8. The lowest BCUT2D eigenvalue weighted by atomic mass is 10.2. The van der Waals surface area contributed by atoms with Crippen molar-refractivity contribution in [3.63, 3.8) is 0 Å². The lowest BCUT2D eigenvalue weighted by molar-refractivity contribution is 0.0730. The van der Waals surface area contributed by atoms with Crippen molar-refractivity contribution in [1.29, 1.82) is 0 Å². The van der Waals surface area contributed by atoms with Crippen molar-refractivity contribution >= 4 is 15.9 Å². The van der Waals surface area contributed by atoms with Crippen LogP contribution in [-0.4, -0.2) is 54.5 Å². The molecular weight excluding hydrogens is 404 g/mol. The van der Waals surface area contributed by atoms with Gasteiger partial charge in [-0.2, -0.15) is 4.31 Å². The Hall–Kier alpha value is -3.01. The summed E-state index contributed by atoms with van der Waals surface area (Å²) in [6.45, 7) is 1.83. The molecule has 1 N–H and O–H groups in total. The van der Waals surface area contributed by atoms with Gasteiger partial charge in [-0.05, 0) is 42.0 Å². The number of nitrogens with zero attached hydrogens (tertiary/aromatic N) is 3. The second-order valence-corrected chi connectivity index (χ2v) is 8.80. The molecular formula is C21H22N4O4S. The molecule has 4 rings (SSSR count). The Kier molecular flexibility index (Phi) is 5.93. The normalized spacial score (nSPS) is 15.1. The fourth-order valence-corrected chi connectivity index (χ4v) is 4.60. The third-order valence-corrected chi connectivity index (χ3v) is 6.83. The van der Waals surface area contributed by atoms with Gasteiger partial charge in [-0.15, -0.1) is 0 Å². The van der Waals surface area contributed by atoms with Crippen LogP contribution < -0.4 is 5.32 Å². The quantitative estimate of drug-likeness (QED) is 0.649. The predicted molar refractivity (Wildman–Crippen MR) is 111 cm³/mol. The summed E-state index contributed by atoms with van der Waals surface area (Å²) in [5, 5.41) is 2.86. The molecule has 3 aromatic rings. The van der Waals surface area contributed by atoms with Gasteiger partial charge in [0.25, 0.3) is 5.91 Å². The molecule has 1 saturated heterocycles. The van der Waals surface area contributed by atoms with Gasteiger partial charge in [0.1, 0.15) is 0 Å². The number of imidazole rings is 1. The van der Waals surface area contributed by atoms with Crippen molar-refractivity contribution in [3.05, 3.63) is 78.4 Å². The van der Waals surface area contributed by atoms with Gasteiger partial charge in [0.2, 0.25) is 10.0 Å². The lowest BCUT2D eigenvalue weighted by Gasteiger charge is -2.26. The third kappa shape index (κ3) is 4.43. The van der Waals surface area contributed by atoms with Gasteiger partial charge >= 0.3 is 0 Å². The van der Waals surface area contributed by atoms with E-state index < -0.39 is 10.0 Å². The van der Waals surface area contributed by atoms with Crippen LogP contribution in [0.1, 0.15) is 15.9 Å². The molecule has 2 heterocycles. The van der Waals surface area contributed by atoms with Gasteiger partial charge < -0.3 is 14.6 Å². The van der Waals surface area contributed by atoms with Crippen LogP contribution in [0.5, 0.6) is 0 Å². The molecule has 0 saturated carbocycles. The van der Waals surface area contributed by atoms with E-state index in [0.717, 1.165) is 11.3 Å². The molecule has 0 atom stereocenters. The number of benzene rings is 2. The van der Waals surface area contributed by atoms with Gasteiger partial charge in [0.15, 0.2) is 0 Å². The van der Waals surface area contributed by atoms with E-state index in [4.69, 9.17) is 4.74 Å². The van der Waals surface area contributed by atoms with Crippen LogP contribution in [-0.2, 0) is 21.3 Å². The predicted octanol–water partition coefficient (Wildman–Crippen LogP) is 1.82. The number of hydrogen-bond acceptors (Lipinski definition) is 5. The molecule has 0 spiro atoms. The number of amides is 1. The Morgan fingerprint density at radius 1 is 1.03 bits per heavy atom. The first-order valence-electron chi connectivity index (χ1n) is 9.57. The Balaban J connectivity index is 1.37. The minimum absolute atomic E-state index is 0.177. The van der Waals surface area contributed by atoms with E-state index in [1.165, 1.54) is 28.6 Å². The Bertz CT molecular complexity index is 1090. The molecule has 0 unspecified atom stereocenters. The Morgan fingerprint density at radius 2 is 1.73 bits per heavy atom. The summed E-state index contributed by atoms with van der Waals surface area (Å²) in [6.07, 6.45) is 5.30. The van der Waals surface area contributed by atoms with Crippen LogP contribution in [0.3, 0.4) is 0 Å². The standard InChI is InChI=1S/C21H22N4O4S/c26-21(23-15-17-1-5-19(6-2-17)24-10-9-22-16-24)18-3-7-20(8-4-18)30(27,28)25-11-13-29-14-12-25/h1-10,16H,11-15H2,(H,23,26). The largest absolute Gasteiger partial charge is 0.379 e. The number of ether oxygens (including phenoxy) is 1. The zero-order valence-electron chi connectivity index (χ0n) is 16.3. The maximum atomic E-state index is 12.7. The Morgan fingerprint density at radius 3 is 2.37 bits per heavy atom. The molecule has 0 bridgehead atoms. The van der Waals surface area contributed by atoms with Crippen molar-refractivity contribution < 1.29 is 17.9 Å². The first-order valence-corrected chi connectivity index (χ1v) is 11.0. The van der Waals surface area contributed by atoms with E-state index >= 15 is 0 Å². The zero-order valence-corrected chi connectivity index (χ0v) is 17.1. The van der Waals surface area contributed by atoms with Crippen LogP contribution in [0.25, 0.3) is 5.69 Å². The second kappa shape index (κ2) is 8.78. The number of carbonyl (C=O) groups is 1. The molecule has 1 aliphatic rings. The second-order valence-electron chi connectivity index (χ2n) is 6.86. The van der Waals surface area contributed by atoms with Gasteiger partial charge in [0.05, 0.1) is 24.4 Å². The molecule has 30 heavy (non-hydrogen) atoms. The number of morpholine rings is 1. The summed E-state index contributed by atoms with van der Waals surface area (Å²) in [5.41, 5.74) is 2.35. The minimum atomic E-state index is -3.57. The van der Waals surface area contributed by atoms with Crippen LogP contribution in [0, 0.1) is 0 Å². The van der Waals surface area contributed by atoms with Crippen molar-refractivity contribution in [3.8, 4) is 5.69 Å². The molecule has 1 amide bonds. The molecule has 1 aliphatic heterocycles. The molecule has 0 aliphatic carbocycles. The highest BCUT2D eigenvalue weighted by Gasteiger charge is 2.26. The first-order chi connectivity index (χ1) is 14.5. The van der Waals surface area contributed by atoms with E-state index in [1.54, 1.807) is 12.5 Å². The topological polar surface area (TPSA) is 93.5 Å². The van der Waals surface area contributed by atoms with Crippen molar-refractivity contribution in [2.75, 3.05) is 26.3 Å². The highest BCUT2D eigenvalue weighted by Crippen LogP contribution is 2.18.